The Hall–Kier alpha value is -1.40. The van der Waals surface area contributed by atoms with Gasteiger partial charge < -0.3 is 20.1 Å². The number of nitrogens with zero attached hydrogens (tertiary/aromatic N) is 1. The minimum Gasteiger partial charge on any atom is -0.394 e. The summed E-state index contributed by atoms with van der Waals surface area (Å²) in [6, 6.07) is -0.661. The molecular formula is C9H14N2O4. The highest BCUT2D eigenvalue weighted by molar-refractivity contribution is 5.96. The zero-order chi connectivity index (χ0) is 11.4. The van der Waals surface area contributed by atoms with Gasteiger partial charge in [-0.25, -0.2) is 0 Å². The maximum Gasteiger partial charge on any atom is 0.257 e. The second-order valence-corrected chi connectivity index (χ2v) is 3.23. The molecule has 0 aliphatic heterocycles. The number of aliphatic hydroxyl groups is 2. The fourth-order valence-corrected chi connectivity index (χ4v) is 1.21. The molecule has 0 aromatic carbocycles. The molecule has 0 bridgehead atoms. The maximum atomic E-state index is 11.6. The Labute approximate surface area is 86.9 Å². The highest BCUT2D eigenvalue weighted by Crippen LogP contribution is 2.11. The number of hydrogen-bond donors (Lipinski definition) is 3. The zero-order valence-electron chi connectivity index (χ0n) is 8.65. The van der Waals surface area contributed by atoms with Gasteiger partial charge in [-0.05, 0) is 13.8 Å². The van der Waals surface area contributed by atoms with Crippen molar-refractivity contribution in [2.75, 3.05) is 13.2 Å². The molecule has 0 aliphatic rings. The number of rotatable bonds is 4. The van der Waals surface area contributed by atoms with Gasteiger partial charge in [0.1, 0.15) is 11.3 Å². The van der Waals surface area contributed by atoms with E-state index in [2.05, 4.69) is 10.5 Å². The smallest absolute Gasteiger partial charge is 0.257 e. The Morgan fingerprint density at radius 3 is 2.47 bits per heavy atom. The Kier molecular flexibility index (Phi) is 3.81. The lowest BCUT2D eigenvalue weighted by Crippen LogP contribution is -2.40. The summed E-state index contributed by atoms with van der Waals surface area (Å²) >= 11 is 0. The van der Waals surface area contributed by atoms with Crippen LogP contribution in [-0.2, 0) is 0 Å². The van der Waals surface area contributed by atoms with E-state index in [4.69, 9.17) is 14.7 Å². The van der Waals surface area contributed by atoms with Gasteiger partial charge >= 0.3 is 0 Å². The molecule has 15 heavy (non-hydrogen) atoms. The Morgan fingerprint density at radius 2 is 2.07 bits per heavy atom. The predicted octanol–water partition coefficient (Wildman–Crippen LogP) is -0.626. The van der Waals surface area contributed by atoms with E-state index in [0.717, 1.165) is 0 Å². The number of hydrogen-bond acceptors (Lipinski definition) is 5. The normalized spacial score (nSPS) is 10.7. The van der Waals surface area contributed by atoms with Gasteiger partial charge in [0.15, 0.2) is 0 Å². The molecule has 6 nitrogen and oxygen atoms in total. The number of aryl methyl sites for hydroxylation is 2. The largest absolute Gasteiger partial charge is 0.394 e. The molecule has 1 aromatic heterocycles. The fourth-order valence-electron chi connectivity index (χ4n) is 1.21. The summed E-state index contributed by atoms with van der Waals surface area (Å²) < 4.78 is 4.83. The van der Waals surface area contributed by atoms with Crippen molar-refractivity contribution in [1.82, 2.24) is 10.5 Å². The molecule has 0 saturated carbocycles. The molecule has 6 heteroatoms. The number of carbonyl (C=O) groups is 1. The fraction of sp³-hybridized carbons (Fsp3) is 0.556. The van der Waals surface area contributed by atoms with E-state index in [9.17, 15) is 4.79 Å². The molecule has 1 aromatic rings. The van der Waals surface area contributed by atoms with E-state index in [1.807, 2.05) is 0 Å². The number of aromatic nitrogens is 1. The lowest BCUT2D eigenvalue weighted by atomic mass is 10.2. The monoisotopic (exact) mass is 214 g/mol. The van der Waals surface area contributed by atoms with Gasteiger partial charge in [0.25, 0.3) is 5.91 Å². The Morgan fingerprint density at radius 1 is 1.47 bits per heavy atom. The molecule has 0 atom stereocenters. The number of carbonyl (C=O) groups excluding carboxylic acids is 1. The Bertz CT molecular complexity index is 324. The van der Waals surface area contributed by atoms with Gasteiger partial charge in [0.2, 0.25) is 0 Å². The van der Waals surface area contributed by atoms with Crippen LogP contribution in [0.3, 0.4) is 0 Å². The topological polar surface area (TPSA) is 95.6 Å². The molecule has 1 rings (SSSR count). The molecule has 1 amide bonds. The quantitative estimate of drug-likeness (QED) is 0.620. The van der Waals surface area contributed by atoms with Crippen LogP contribution in [0, 0.1) is 13.8 Å². The third kappa shape index (κ3) is 2.54. The summed E-state index contributed by atoms with van der Waals surface area (Å²) in [7, 11) is 0. The van der Waals surface area contributed by atoms with Crippen LogP contribution in [0.15, 0.2) is 4.52 Å². The van der Waals surface area contributed by atoms with Gasteiger partial charge in [0.05, 0.1) is 24.9 Å². The predicted molar refractivity (Wildman–Crippen MR) is 51.4 cm³/mol. The minimum atomic E-state index is -0.661. The van der Waals surface area contributed by atoms with Crippen molar-refractivity contribution in [2.45, 2.75) is 19.9 Å². The van der Waals surface area contributed by atoms with Crippen molar-refractivity contribution in [3.8, 4) is 0 Å². The standard InChI is InChI=1S/C9H14N2O4/c1-5-8(6(2)15-11-5)9(14)10-7(3-12)4-13/h7,12-13H,3-4H2,1-2H3,(H,10,14). The summed E-state index contributed by atoms with van der Waals surface area (Å²) in [5, 5.41) is 23.7. The van der Waals surface area contributed by atoms with Crippen LogP contribution >= 0.6 is 0 Å². The molecule has 1 heterocycles. The first-order valence-corrected chi connectivity index (χ1v) is 4.55. The lowest BCUT2D eigenvalue weighted by molar-refractivity contribution is 0.0877. The van der Waals surface area contributed by atoms with Crippen molar-refractivity contribution in [3.05, 3.63) is 17.0 Å². The first-order valence-electron chi connectivity index (χ1n) is 4.55. The summed E-state index contributed by atoms with van der Waals surface area (Å²) in [4.78, 5) is 11.6. The van der Waals surface area contributed by atoms with E-state index in [1.54, 1.807) is 13.8 Å². The molecule has 0 radical (unpaired) electrons. The van der Waals surface area contributed by atoms with E-state index >= 15 is 0 Å². The maximum absolute atomic E-state index is 11.6. The number of aliphatic hydroxyl groups excluding tert-OH is 2. The summed E-state index contributed by atoms with van der Waals surface area (Å²) in [5.41, 5.74) is 0.835. The van der Waals surface area contributed by atoms with Gasteiger partial charge in [0, 0.05) is 0 Å². The number of nitrogens with one attached hydrogen (secondary N) is 1. The third-order valence-electron chi connectivity index (χ3n) is 2.04. The van der Waals surface area contributed by atoms with Crippen LogP contribution in [0.1, 0.15) is 21.8 Å². The average molecular weight is 214 g/mol. The number of amides is 1. The average Bonchev–Trinajstić information content (AvgIpc) is 2.55. The van der Waals surface area contributed by atoms with Gasteiger partial charge in [-0.15, -0.1) is 0 Å². The van der Waals surface area contributed by atoms with Crippen LogP contribution in [0.4, 0.5) is 0 Å². The van der Waals surface area contributed by atoms with Gasteiger partial charge in [-0.1, -0.05) is 5.16 Å². The third-order valence-corrected chi connectivity index (χ3v) is 2.04. The highest BCUT2D eigenvalue weighted by Gasteiger charge is 2.19. The lowest BCUT2D eigenvalue weighted by Gasteiger charge is -2.12. The van der Waals surface area contributed by atoms with Crippen molar-refractivity contribution >= 4 is 5.91 Å². The van der Waals surface area contributed by atoms with Crippen LogP contribution in [-0.4, -0.2) is 40.5 Å². The SMILES string of the molecule is Cc1noc(C)c1C(=O)NC(CO)CO. The zero-order valence-corrected chi connectivity index (χ0v) is 8.65. The second kappa shape index (κ2) is 4.90. The van der Waals surface area contributed by atoms with Crippen molar-refractivity contribution in [3.63, 3.8) is 0 Å². The first-order chi connectivity index (χ1) is 7.10. The van der Waals surface area contributed by atoms with Crippen LogP contribution in [0.5, 0.6) is 0 Å². The molecular weight excluding hydrogens is 200 g/mol. The van der Waals surface area contributed by atoms with E-state index in [0.29, 0.717) is 17.0 Å². The van der Waals surface area contributed by atoms with Crippen LogP contribution < -0.4 is 5.32 Å². The van der Waals surface area contributed by atoms with Gasteiger partial charge in [-0.3, -0.25) is 4.79 Å². The molecule has 0 spiro atoms. The van der Waals surface area contributed by atoms with E-state index < -0.39 is 11.9 Å². The summed E-state index contributed by atoms with van der Waals surface area (Å²) in [6.45, 7) is 2.65. The summed E-state index contributed by atoms with van der Waals surface area (Å²) in [6.07, 6.45) is 0. The molecule has 84 valence electrons. The van der Waals surface area contributed by atoms with E-state index in [1.165, 1.54) is 0 Å². The minimum absolute atomic E-state index is 0.314. The first kappa shape index (κ1) is 11.7. The molecule has 0 fully saturated rings. The van der Waals surface area contributed by atoms with Crippen molar-refractivity contribution < 1.29 is 19.5 Å². The molecule has 0 saturated heterocycles. The van der Waals surface area contributed by atoms with Gasteiger partial charge in [-0.2, -0.15) is 0 Å². The van der Waals surface area contributed by atoms with Crippen LogP contribution in [0.2, 0.25) is 0 Å². The van der Waals surface area contributed by atoms with E-state index in [-0.39, 0.29) is 13.2 Å². The Balaban J connectivity index is 2.77. The summed E-state index contributed by atoms with van der Waals surface area (Å²) in [5.74, 6) is 0.0129. The van der Waals surface area contributed by atoms with Crippen molar-refractivity contribution in [1.29, 1.82) is 0 Å². The molecule has 0 unspecified atom stereocenters. The van der Waals surface area contributed by atoms with Crippen molar-refractivity contribution in [2.24, 2.45) is 0 Å². The van der Waals surface area contributed by atoms with Crippen LogP contribution in [0.25, 0.3) is 0 Å². The highest BCUT2D eigenvalue weighted by atomic mass is 16.5. The molecule has 0 aliphatic carbocycles. The molecule has 3 N–H and O–H groups in total. The second-order valence-electron chi connectivity index (χ2n) is 3.23.